The van der Waals surface area contributed by atoms with Crippen LogP contribution in [0.3, 0.4) is 0 Å². The van der Waals surface area contributed by atoms with Crippen LogP contribution in [0, 0.1) is 5.82 Å². The normalized spacial score (nSPS) is 11.4. The third-order valence-electron chi connectivity index (χ3n) is 2.76. The Balaban J connectivity index is 2.63. The van der Waals surface area contributed by atoms with Gasteiger partial charge in [-0.25, -0.2) is 17.5 Å². The molecule has 0 saturated carbocycles. The molecular formula is C13H20FN3O3S. The van der Waals surface area contributed by atoms with Crippen molar-refractivity contribution in [3.8, 4) is 0 Å². The molecule has 0 heterocycles. The Morgan fingerprint density at radius 2 is 2.05 bits per heavy atom. The van der Waals surface area contributed by atoms with E-state index in [1.807, 2.05) is 6.92 Å². The zero-order valence-corrected chi connectivity index (χ0v) is 12.7. The lowest BCUT2D eigenvalue weighted by molar-refractivity contribution is -0.120. The van der Waals surface area contributed by atoms with Gasteiger partial charge in [-0.05, 0) is 24.6 Å². The van der Waals surface area contributed by atoms with Gasteiger partial charge in [0.25, 0.3) is 0 Å². The number of nitrogens with two attached hydrogens (primary N) is 1. The van der Waals surface area contributed by atoms with Gasteiger partial charge in [-0.3, -0.25) is 4.79 Å². The molecule has 0 fully saturated rings. The Kier molecular flexibility index (Phi) is 6.73. The maximum Gasteiger partial charge on any atom is 0.240 e. The predicted molar refractivity (Wildman–Crippen MR) is 77.4 cm³/mol. The number of hydrogen-bond acceptors (Lipinski definition) is 4. The molecule has 1 rings (SSSR count). The molecule has 118 valence electrons. The van der Waals surface area contributed by atoms with Crippen LogP contribution in [0.4, 0.5) is 4.39 Å². The number of rotatable bonds is 8. The fourth-order valence-corrected chi connectivity index (χ4v) is 2.69. The van der Waals surface area contributed by atoms with Gasteiger partial charge in [-0.15, -0.1) is 0 Å². The van der Waals surface area contributed by atoms with Crippen LogP contribution in [0.5, 0.6) is 0 Å². The summed E-state index contributed by atoms with van der Waals surface area (Å²) < 4.78 is 39.6. The lowest BCUT2D eigenvalue weighted by Crippen LogP contribution is -2.31. The van der Waals surface area contributed by atoms with Crippen LogP contribution in [-0.2, 0) is 21.4 Å². The molecule has 0 bridgehead atoms. The molecule has 0 aliphatic heterocycles. The van der Waals surface area contributed by atoms with Gasteiger partial charge in [0.15, 0.2) is 0 Å². The Morgan fingerprint density at radius 1 is 1.33 bits per heavy atom. The molecule has 8 heteroatoms. The summed E-state index contributed by atoms with van der Waals surface area (Å²) in [6, 6.07) is 3.41. The van der Waals surface area contributed by atoms with Crippen molar-refractivity contribution < 1.29 is 17.6 Å². The van der Waals surface area contributed by atoms with Crippen molar-refractivity contribution in [3.63, 3.8) is 0 Å². The Labute approximate surface area is 124 Å². The summed E-state index contributed by atoms with van der Waals surface area (Å²) in [4.78, 5) is 11.3. The minimum atomic E-state index is -3.78. The Hall–Kier alpha value is -1.51. The average molecular weight is 317 g/mol. The quantitative estimate of drug-likeness (QED) is 0.649. The number of nitrogens with one attached hydrogen (secondary N) is 2. The second-order valence-corrected chi connectivity index (χ2v) is 6.22. The molecule has 4 N–H and O–H groups in total. The van der Waals surface area contributed by atoms with E-state index in [9.17, 15) is 17.6 Å². The number of sulfonamides is 1. The van der Waals surface area contributed by atoms with Gasteiger partial charge in [-0.2, -0.15) is 0 Å². The summed E-state index contributed by atoms with van der Waals surface area (Å²) in [5.41, 5.74) is 5.46. The molecule has 0 aliphatic rings. The van der Waals surface area contributed by atoms with E-state index in [0.717, 1.165) is 18.6 Å². The SMILES string of the molecule is CCCNC(=O)CCNS(=O)(=O)c1ccc(F)c(CN)c1. The summed E-state index contributed by atoms with van der Waals surface area (Å²) in [6.45, 7) is 2.37. The van der Waals surface area contributed by atoms with E-state index >= 15 is 0 Å². The van der Waals surface area contributed by atoms with E-state index in [0.29, 0.717) is 6.54 Å². The zero-order chi connectivity index (χ0) is 15.9. The number of amides is 1. The van der Waals surface area contributed by atoms with Crippen LogP contribution >= 0.6 is 0 Å². The number of benzene rings is 1. The smallest absolute Gasteiger partial charge is 0.240 e. The molecule has 0 saturated heterocycles. The number of halogens is 1. The highest BCUT2D eigenvalue weighted by atomic mass is 32.2. The molecule has 0 aromatic heterocycles. The van der Waals surface area contributed by atoms with Crippen molar-refractivity contribution in [2.45, 2.75) is 31.2 Å². The van der Waals surface area contributed by atoms with Crippen LogP contribution < -0.4 is 15.8 Å². The van der Waals surface area contributed by atoms with Crippen LogP contribution in [0.1, 0.15) is 25.3 Å². The van der Waals surface area contributed by atoms with Gasteiger partial charge in [-0.1, -0.05) is 6.92 Å². The minimum absolute atomic E-state index is 0.0206. The first kappa shape index (κ1) is 17.5. The van der Waals surface area contributed by atoms with Crippen molar-refractivity contribution >= 4 is 15.9 Å². The molecule has 21 heavy (non-hydrogen) atoms. The van der Waals surface area contributed by atoms with E-state index < -0.39 is 15.8 Å². The third-order valence-corrected chi connectivity index (χ3v) is 4.22. The first-order valence-electron chi connectivity index (χ1n) is 6.65. The highest BCUT2D eigenvalue weighted by Gasteiger charge is 2.16. The Morgan fingerprint density at radius 3 is 2.67 bits per heavy atom. The van der Waals surface area contributed by atoms with E-state index in [1.54, 1.807) is 0 Å². The van der Waals surface area contributed by atoms with Crippen LogP contribution in [-0.4, -0.2) is 27.4 Å². The van der Waals surface area contributed by atoms with Gasteiger partial charge in [0, 0.05) is 31.6 Å². The predicted octanol–water partition coefficient (Wildman–Crippen LogP) is 0.479. The molecule has 6 nitrogen and oxygen atoms in total. The molecule has 0 radical (unpaired) electrons. The molecule has 0 aliphatic carbocycles. The molecule has 1 aromatic carbocycles. The van der Waals surface area contributed by atoms with Crippen LogP contribution in [0.2, 0.25) is 0 Å². The maximum atomic E-state index is 13.3. The summed E-state index contributed by atoms with van der Waals surface area (Å²) in [5, 5.41) is 2.64. The zero-order valence-electron chi connectivity index (χ0n) is 11.9. The van der Waals surface area contributed by atoms with Crippen LogP contribution in [0.15, 0.2) is 23.1 Å². The molecule has 0 unspecified atom stereocenters. The topological polar surface area (TPSA) is 101 Å². The van der Waals surface area contributed by atoms with Crippen molar-refractivity contribution in [1.82, 2.24) is 10.0 Å². The second-order valence-electron chi connectivity index (χ2n) is 4.46. The van der Waals surface area contributed by atoms with E-state index in [1.165, 1.54) is 6.07 Å². The summed E-state index contributed by atoms with van der Waals surface area (Å²) in [5.74, 6) is -0.767. The van der Waals surface area contributed by atoms with Crippen molar-refractivity contribution in [2.24, 2.45) is 5.73 Å². The standard InChI is InChI=1S/C13H20FN3O3S/c1-2-6-16-13(18)5-7-17-21(19,20)11-3-4-12(14)10(8-11)9-15/h3-4,8,17H,2,5-7,9,15H2,1H3,(H,16,18). The lowest BCUT2D eigenvalue weighted by atomic mass is 10.2. The average Bonchev–Trinajstić information content (AvgIpc) is 2.45. The van der Waals surface area contributed by atoms with E-state index in [4.69, 9.17) is 5.73 Å². The largest absolute Gasteiger partial charge is 0.356 e. The highest BCUT2D eigenvalue weighted by Crippen LogP contribution is 2.14. The van der Waals surface area contributed by atoms with E-state index in [2.05, 4.69) is 10.0 Å². The summed E-state index contributed by atoms with van der Waals surface area (Å²) in [7, 11) is -3.78. The maximum absolute atomic E-state index is 13.3. The van der Waals surface area contributed by atoms with Crippen LogP contribution in [0.25, 0.3) is 0 Å². The monoisotopic (exact) mass is 317 g/mol. The van der Waals surface area contributed by atoms with Gasteiger partial charge < -0.3 is 11.1 Å². The van der Waals surface area contributed by atoms with E-state index in [-0.39, 0.29) is 35.9 Å². The molecule has 1 aromatic rings. The van der Waals surface area contributed by atoms with Crippen molar-refractivity contribution in [2.75, 3.05) is 13.1 Å². The summed E-state index contributed by atoms with van der Waals surface area (Å²) >= 11 is 0. The minimum Gasteiger partial charge on any atom is -0.356 e. The fraction of sp³-hybridized carbons (Fsp3) is 0.462. The first-order valence-corrected chi connectivity index (χ1v) is 8.14. The Bertz CT molecular complexity index is 590. The third kappa shape index (κ3) is 5.41. The molecular weight excluding hydrogens is 297 g/mol. The van der Waals surface area contributed by atoms with Gasteiger partial charge >= 0.3 is 0 Å². The van der Waals surface area contributed by atoms with Gasteiger partial charge in [0.1, 0.15) is 5.82 Å². The van der Waals surface area contributed by atoms with Crippen molar-refractivity contribution in [1.29, 1.82) is 0 Å². The van der Waals surface area contributed by atoms with Gasteiger partial charge in [0.05, 0.1) is 4.90 Å². The highest BCUT2D eigenvalue weighted by molar-refractivity contribution is 7.89. The van der Waals surface area contributed by atoms with Gasteiger partial charge in [0.2, 0.25) is 15.9 Å². The number of carbonyl (C=O) groups is 1. The van der Waals surface area contributed by atoms with Crippen molar-refractivity contribution in [3.05, 3.63) is 29.6 Å². The molecule has 1 amide bonds. The number of carbonyl (C=O) groups excluding carboxylic acids is 1. The summed E-state index contributed by atoms with van der Waals surface area (Å²) in [6.07, 6.45) is 0.860. The molecule has 0 atom stereocenters. The lowest BCUT2D eigenvalue weighted by Gasteiger charge is -2.08. The first-order chi connectivity index (χ1) is 9.90. The fourth-order valence-electron chi connectivity index (χ4n) is 1.61. The molecule has 0 spiro atoms. The second kappa shape index (κ2) is 8.06. The number of hydrogen-bond donors (Lipinski definition) is 3.